The Morgan fingerprint density at radius 1 is 1.31 bits per heavy atom. The van der Waals surface area contributed by atoms with Crippen LogP contribution >= 0.6 is 0 Å². The second-order valence-corrected chi connectivity index (χ2v) is 4.51. The molecule has 1 aliphatic heterocycles. The van der Waals surface area contributed by atoms with Crippen LogP contribution in [-0.2, 0) is 4.74 Å². The highest BCUT2D eigenvalue weighted by atomic mass is 16.5. The van der Waals surface area contributed by atoms with Gasteiger partial charge in [-0.15, -0.1) is 0 Å². The lowest BCUT2D eigenvalue weighted by Crippen LogP contribution is -2.54. The molecule has 5 nitrogen and oxygen atoms in total. The molecular formula is C11H23NO4. The van der Waals surface area contributed by atoms with Gasteiger partial charge in [-0.1, -0.05) is 6.92 Å². The highest BCUT2D eigenvalue weighted by Crippen LogP contribution is 2.19. The van der Waals surface area contributed by atoms with Crippen LogP contribution in [0.3, 0.4) is 0 Å². The second kappa shape index (κ2) is 6.51. The van der Waals surface area contributed by atoms with Crippen LogP contribution in [0, 0.1) is 0 Å². The summed E-state index contributed by atoms with van der Waals surface area (Å²) >= 11 is 0. The van der Waals surface area contributed by atoms with Crippen LogP contribution in [0.1, 0.15) is 26.7 Å². The summed E-state index contributed by atoms with van der Waals surface area (Å²) in [6.45, 7) is 5.12. The normalized spacial score (nSPS) is 37.3. The number of hydrogen-bond donors (Lipinski definition) is 4. The van der Waals surface area contributed by atoms with Crippen molar-refractivity contribution >= 4 is 0 Å². The van der Waals surface area contributed by atoms with Crippen LogP contribution < -0.4 is 5.32 Å². The molecule has 0 radical (unpaired) electrons. The number of hydrogen-bond acceptors (Lipinski definition) is 5. The summed E-state index contributed by atoms with van der Waals surface area (Å²) in [5.74, 6) is 0. The van der Waals surface area contributed by atoms with Crippen LogP contribution in [0.15, 0.2) is 0 Å². The first-order valence-corrected chi connectivity index (χ1v) is 5.95. The molecule has 1 rings (SSSR count). The molecule has 16 heavy (non-hydrogen) atoms. The summed E-state index contributed by atoms with van der Waals surface area (Å²) in [6.07, 6.45) is -1.81. The molecule has 5 unspecified atom stereocenters. The minimum absolute atomic E-state index is 0.0867. The average molecular weight is 233 g/mol. The van der Waals surface area contributed by atoms with E-state index < -0.39 is 24.4 Å². The van der Waals surface area contributed by atoms with E-state index in [0.29, 0.717) is 6.42 Å². The standard InChI is InChI=1S/C11H23NO4/c1-3-4-12-7(2)5-9-11(15)10(14)8(13)6-16-9/h7-15H,3-6H2,1-2H3. The van der Waals surface area contributed by atoms with E-state index in [-0.39, 0.29) is 12.6 Å². The van der Waals surface area contributed by atoms with Crippen molar-refractivity contribution < 1.29 is 20.1 Å². The zero-order valence-corrected chi connectivity index (χ0v) is 9.97. The van der Waals surface area contributed by atoms with Gasteiger partial charge in [0.2, 0.25) is 0 Å². The van der Waals surface area contributed by atoms with E-state index >= 15 is 0 Å². The Morgan fingerprint density at radius 3 is 2.62 bits per heavy atom. The summed E-state index contributed by atoms with van der Waals surface area (Å²) in [6, 6.07) is 0.224. The van der Waals surface area contributed by atoms with Gasteiger partial charge >= 0.3 is 0 Å². The maximum atomic E-state index is 9.72. The van der Waals surface area contributed by atoms with Gasteiger partial charge in [0.1, 0.15) is 18.3 Å². The van der Waals surface area contributed by atoms with E-state index in [1.807, 2.05) is 6.92 Å². The van der Waals surface area contributed by atoms with E-state index in [9.17, 15) is 15.3 Å². The van der Waals surface area contributed by atoms with Crippen molar-refractivity contribution in [3.05, 3.63) is 0 Å². The molecule has 4 N–H and O–H groups in total. The summed E-state index contributed by atoms with van der Waals surface area (Å²) in [5.41, 5.74) is 0. The lowest BCUT2D eigenvalue weighted by atomic mass is 9.95. The quantitative estimate of drug-likeness (QED) is 0.502. The molecule has 96 valence electrons. The Balaban J connectivity index is 2.36. The van der Waals surface area contributed by atoms with Gasteiger partial charge in [-0.05, 0) is 26.3 Å². The molecule has 0 aromatic carbocycles. The molecule has 0 spiro atoms. The average Bonchev–Trinajstić information content (AvgIpc) is 2.27. The molecule has 1 heterocycles. The Hall–Kier alpha value is -0.200. The SMILES string of the molecule is CCCNC(C)CC1OCC(O)C(O)C1O. The molecular weight excluding hydrogens is 210 g/mol. The summed E-state index contributed by atoms with van der Waals surface area (Å²) in [4.78, 5) is 0. The molecule has 0 aromatic rings. The van der Waals surface area contributed by atoms with Gasteiger partial charge in [0.05, 0.1) is 12.7 Å². The van der Waals surface area contributed by atoms with Gasteiger partial charge in [-0.2, -0.15) is 0 Å². The first-order chi connectivity index (χ1) is 7.56. The highest BCUT2D eigenvalue weighted by molar-refractivity contribution is 4.88. The van der Waals surface area contributed by atoms with Crippen molar-refractivity contribution in [3.8, 4) is 0 Å². The first-order valence-electron chi connectivity index (χ1n) is 5.95. The lowest BCUT2D eigenvalue weighted by Gasteiger charge is -2.36. The molecule has 0 aromatic heterocycles. The summed E-state index contributed by atoms with van der Waals surface area (Å²) in [7, 11) is 0. The van der Waals surface area contributed by atoms with Crippen molar-refractivity contribution in [1.29, 1.82) is 0 Å². The number of aliphatic hydroxyl groups excluding tert-OH is 3. The maximum absolute atomic E-state index is 9.72. The predicted octanol–water partition coefficient (Wildman–Crippen LogP) is -0.754. The predicted molar refractivity (Wildman–Crippen MR) is 60.1 cm³/mol. The van der Waals surface area contributed by atoms with Gasteiger partial charge in [-0.3, -0.25) is 0 Å². The molecule has 1 aliphatic rings. The van der Waals surface area contributed by atoms with Gasteiger partial charge in [0.25, 0.3) is 0 Å². The van der Waals surface area contributed by atoms with E-state index in [1.165, 1.54) is 0 Å². The van der Waals surface area contributed by atoms with Crippen LogP contribution in [0.4, 0.5) is 0 Å². The van der Waals surface area contributed by atoms with Crippen LogP contribution in [0.2, 0.25) is 0 Å². The highest BCUT2D eigenvalue weighted by Gasteiger charge is 2.37. The minimum Gasteiger partial charge on any atom is -0.388 e. The fourth-order valence-corrected chi connectivity index (χ4v) is 1.90. The third-order valence-electron chi connectivity index (χ3n) is 2.93. The monoisotopic (exact) mass is 233 g/mol. The van der Waals surface area contributed by atoms with E-state index in [0.717, 1.165) is 13.0 Å². The van der Waals surface area contributed by atoms with Crippen LogP contribution in [0.25, 0.3) is 0 Å². The van der Waals surface area contributed by atoms with Crippen molar-refractivity contribution in [2.24, 2.45) is 0 Å². The molecule has 1 saturated heterocycles. The van der Waals surface area contributed by atoms with Gasteiger partial charge in [0, 0.05) is 6.04 Å². The van der Waals surface area contributed by atoms with Gasteiger partial charge < -0.3 is 25.4 Å². The molecule has 0 bridgehead atoms. The maximum Gasteiger partial charge on any atom is 0.111 e. The summed E-state index contributed by atoms with van der Waals surface area (Å²) in [5, 5.41) is 31.8. The molecule has 0 aliphatic carbocycles. The van der Waals surface area contributed by atoms with Gasteiger partial charge in [-0.25, -0.2) is 0 Å². The largest absolute Gasteiger partial charge is 0.388 e. The Morgan fingerprint density at radius 2 is 2.00 bits per heavy atom. The van der Waals surface area contributed by atoms with Gasteiger partial charge in [0.15, 0.2) is 0 Å². The topological polar surface area (TPSA) is 82.0 Å². The number of nitrogens with one attached hydrogen (secondary N) is 1. The van der Waals surface area contributed by atoms with E-state index in [1.54, 1.807) is 0 Å². The fraction of sp³-hybridized carbons (Fsp3) is 1.00. The third-order valence-corrected chi connectivity index (χ3v) is 2.93. The number of rotatable bonds is 5. The minimum atomic E-state index is -1.10. The van der Waals surface area contributed by atoms with Crippen molar-refractivity contribution in [2.45, 2.75) is 57.1 Å². The molecule has 0 saturated carbocycles. The summed E-state index contributed by atoms with van der Waals surface area (Å²) < 4.78 is 5.32. The number of ether oxygens (including phenoxy) is 1. The first kappa shape index (κ1) is 13.9. The van der Waals surface area contributed by atoms with E-state index in [4.69, 9.17) is 4.74 Å². The Labute approximate surface area is 96.4 Å². The molecule has 1 fully saturated rings. The van der Waals surface area contributed by atoms with Crippen molar-refractivity contribution in [1.82, 2.24) is 5.32 Å². The Bertz CT molecular complexity index is 202. The van der Waals surface area contributed by atoms with Crippen LogP contribution in [-0.4, -0.2) is 58.9 Å². The fourth-order valence-electron chi connectivity index (χ4n) is 1.90. The molecule has 5 heteroatoms. The zero-order chi connectivity index (χ0) is 12.1. The lowest BCUT2D eigenvalue weighted by molar-refractivity contribution is -0.189. The second-order valence-electron chi connectivity index (χ2n) is 4.51. The molecule has 5 atom stereocenters. The van der Waals surface area contributed by atoms with Crippen LogP contribution in [0.5, 0.6) is 0 Å². The smallest absolute Gasteiger partial charge is 0.111 e. The zero-order valence-electron chi connectivity index (χ0n) is 9.97. The van der Waals surface area contributed by atoms with E-state index in [2.05, 4.69) is 12.2 Å². The van der Waals surface area contributed by atoms with Crippen molar-refractivity contribution in [3.63, 3.8) is 0 Å². The third kappa shape index (κ3) is 3.68. The van der Waals surface area contributed by atoms with Crippen molar-refractivity contribution in [2.75, 3.05) is 13.2 Å². The molecule has 0 amide bonds. The number of aliphatic hydroxyl groups is 3. The Kier molecular flexibility index (Phi) is 5.64.